The standard InChI is InChI=1S/C17H11F5N4O4/c1-28-12-2-3-23-6-9(12)7-29-16(27)24-13-10(18)4-8(5-11(13)19)14-25-15(30-26-14)17(20,21)22/h2-6H,7H2,1H3,(H,24,27). The number of rotatable bonds is 5. The van der Waals surface area contributed by atoms with Gasteiger partial charge in [-0.15, -0.1) is 0 Å². The molecule has 1 aromatic carbocycles. The third kappa shape index (κ3) is 4.61. The van der Waals surface area contributed by atoms with E-state index in [0.29, 0.717) is 23.4 Å². The fourth-order valence-corrected chi connectivity index (χ4v) is 2.28. The summed E-state index contributed by atoms with van der Waals surface area (Å²) in [6.45, 7) is -0.298. The largest absolute Gasteiger partial charge is 0.496 e. The Balaban J connectivity index is 1.72. The molecule has 0 aliphatic rings. The van der Waals surface area contributed by atoms with Gasteiger partial charge in [0.05, 0.1) is 7.11 Å². The number of hydrogen-bond donors (Lipinski definition) is 1. The molecule has 1 amide bonds. The molecule has 3 aromatic rings. The molecule has 0 unspecified atom stereocenters. The highest BCUT2D eigenvalue weighted by molar-refractivity contribution is 5.85. The summed E-state index contributed by atoms with van der Waals surface area (Å²) in [6.07, 6.45) is -3.27. The predicted molar refractivity (Wildman–Crippen MR) is 89.2 cm³/mol. The number of halogens is 5. The van der Waals surface area contributed by atoms with E-state index < -0.39 is 46.9 Å². The summed E-state index contributed by atoms with van der Waals surface area (Å²) in [4.78, 5) is 18.7. The van der Waals surface area contributed by atoms with E-state index in [4.69, 9.17) is 9.47 Å². The molecule has 3 rings (SSSR count). The Morgan fingerprint density at radius 1 is 1.23 bits per heavy atom. The molecule has 0 atom stereocenters. The van der Waals surface area contributed by atoms with Crippen LogP contribution in [0.15, 0.2) is 35.1 Å². The third-order valence-corrected chi connectivity index (χ3v) is 3.63. The highest BCUT2D eigenvalue weighted by Gasteiger charge is 2.38. The first-order valence-corrected chi connectivity index (χ1v) is 8.00. The normalized spacial score (nSPS) is 11.3. The number of methoxy groups -OCH3 is 1. The number of nitrogens with zero attached hydrogens (tertiary/aromatic N) is 3. The molecule has 0 spiro atoms. The van der Waals surface area contributed by atoms with Crippen LogP contribution in [0.3, 0.4) is 0 Å². The number of carbonyl (C=O) groups excluding carboxylic acids is 1. The minimum atomic E-state index is -4.91. The molecule has 0 bridgehead atoms. The van der Waals surface area contributed by atoms with Crippen LogP contribution >= 0.6 is 0 Å². The molecule has 1 N–H and O–H groups in total. The van der Waals surface area contributed by atoms with E-state index in [1.54, 1.807) is 0 Å². The first kappa shape index (κ1) is 21.0. The van der Waals surface area contributed by atoms with Gasteiger partial charge in [0.2, 0.25) is 5.82 Å². The number of amides is 1. The Kier molecular flexibility index (Phi) is 5.80. The molecule has 30 heavy (non-hydrogen) atoms. The van der Waals surface area contributed by atoms with Crippen LogP contribution in [-0.2, 0) is 17.5 Å². The maximum Gasteiger partial charge on any atom is 0.471 e. The molecule has 0 saturated heterocycles. The maximum absolute atomic E-state index is 14.2. The van der Waals surface area contributed by atoms with Gasteiger partial charge in [-0.05, 0) is 18.2 Å². The minimum absolute atomic E-state index is 0.298. The molecule has 2 aromatic heterocycles. The topological polar surface area (TPSA) is 99.4 Å². The van der Waals surface area contributed by atoms with Crippen molar-refractivity contribution in [1.29, 1.82) is 0 Å². The number of nitrogens with one attached hydrogen (secondary N) is 1. The van der Waals surface area contributed by atoms with Crippen molar-refractivity contribution in [2.24, 2.45) is 0 Å². The lowest BCUT2D eigenvalue weighted by Gasteiger charge is -2.11. The molecule has 0 radical (unpaired) electrons. The fraction of sp³-hybridized carbons (Fsp3) is 0.176. The van der Waals surface area contributed by atoms with Gasteiger partial charge in [-0.25, -0.2) is 13.6 Å². The summed E-state index contributed by atoms with van der Waals surface area (Å²) < 4.78 is 79.9. The molecule has 0 fully saturated rings. The van der Waals surface area contributed by atoms with E-state index in [-0.39, 0.29) is 6.61 Å². The van der Waals surface area contributed by atoms with E-state index in [1.807, 2.05) is 5.32 Å². The summed E-state index contributed by atoms with van der Waals surface area (Å²) in [7, 11) is 1.40. The van der Waals surface area contributed by atoms with Gasteiger partial charge >= 0.3 is 18.2 Å². The average molecular weight is 430 g/mol. The molecule has 13 heteroatoms. The van der Waals surface area contributed by atoms with Gasteiger partial charge < -0.3 is 14.0 Å². The van der Waals surface area contributed by atoms with Crippen molar-refractivity contribution in [3.63, 3.8) is 0 Å². The van der Waals surface area contributed by atoms with Crippen molar-refractivity contribution >= 4 is 11.8 Å². The van der Waals surface area contributed by atoms with Crippen molar-refractivity contribution in [3.05, 3.63) is 53.7 Å². The molecular weight excluding hydrogens is 419 g/mol. The van der Waals surface area contributed by atoms with Crippen molar-refractivity contribution in [1.82, 2.24) is 15.1 Å². The zero-order valence-corrected chi connectivity index (χ0v) is 15.0. The number of hydrogen-bond acceptors (Lipinski definition) is 7. The van der Waals surface area contributed by atoms with Gasteiger partial charge in [-0.1, -0.05) is 5.16 Å². The molecule has 8 nitrogen and oxygen atoms in total. The second kappa shape index (κ2) is 8.31. The molecule has 0 aliphatic heterocycles. The lowest BCUT2D eigenvalue weighted by molar-refractivity contribution is -0.159. The van der Waals surface area contributed by atoms with Crippen molar-refractivity contribution in [2.45, 2.75) is 12.8 Å². The SMILES string of the molecule is COc1ccncc1COC(=O)Nc1c(F)cc(-c2noc(C(F)(F)F)n2)cc1F. The Hall–Kier alpha value is -3.77. The van der Waals surface area contributed by atoms with Crippen LogP contribution in [-0.4, -0.2) is 28.3 Å². The Bertz CT molecular complexity index is 1050. The zero-order chi connectivity index (χ0) is 21.9. The number of benzene rings is 1. The quantitative estimate of drug-likeness (QED) is 0.606. The van der Waals surface area contributed by atoms with E-state index in [0.717, 1.165) is 0 Å². The number of anilines is 1. The summed E-state index contributed by atoms with van der Waals surface area (Å²) >= 11 is 0. The van der Waals surface area contributed by atoms with Gasteiger partial charge in [0.15, 0.2) is 11.6 Å². The monoisotopic (exact) mass is 430 g/mol. The highest BCUT2D eigenvalue weighted by atomic mass is 19.4. The third-order valence-electron chi connectivity index (χ3n) is 3.63. The van der Waals surface area contributed by atoms with Gasteiger partial charge in [0, 0.05) is 23.5 Å². The summed E-state index contributed by atoms with van der Waals surface area (Å²) in [5, 5.41) is 4.91. The highest BCUT2D eigenvalue weighted by Crippen LogP contribution is 2.31. The smallest absolute Gasteiger partial charge is 0.471 e. The summed E-state index contributed by atoms with van der Waals surface area (Å²) in [6, 6.07) is 2.79. The number of carbonyl (C=O) groups is 1. The summed E-state index contributed by atoms with van der Waals surface area (Å²) in [5.74, 6) is -4.55. The Labute approximate surface area is 164 Å². The first-order valence-electron chi connectivity index (χ1n) is 8.00. The first-order chi connectivity index (χ1) is 14.2. The lowest BCUT2D eigenvalue weighted by atomic mass is 10.1. The number of aromatic nitrogens is 3. The zero-order valence-electron chi connectivity index (χ0n) is 15.0. The molecule has 2 heterocycles. The molecular formula is C17H11F5N4O4. The second-order valence-electron chi connectivity index (χ2n) is 5.62. The second-order valence-corrected chi connectivity index (χ2v) is 5.62. The van der Waals surface area contributed by atoms with E-state index in [1.165, 1.54) is 25.6 Å². The van der Waals surface area contributed by atoms with Crippen molar-refractivity contribution in [2.75, 3.05) is 12.4 Å². The van der Waals surface area contributed by atoms with Crippen LogP contribution in [0.1, 0.15) is 11.5 Å². The fourth-order valence-electron chi connectivity index (χ4n) is 2.28. The van der Waals surface area contributed by atoms with Crippen LogP contribution < -0.4 is 10.1 Å². The predicted octanol–water partition coefficient (Wildman–Crippen LogP) is 4.19. The van der Waals surface area contributed by atoms with Gasteiger partial charge in [0.25, 0.3) is 0 Å². The van der Waals surface area contributed by atoms with Crippen LogP contribution in [0, 0.1) is 11.6 Å². The minimum Gasteiger partial charge on any atom is -0.496 e. The molecule has 0 aliphatic carbocycles. The van der Waals surface area contributed by atoms with E-state index in [9.17, 15) is 26.7 Å². The van der Waals surface area contributed by atoms with Crippen LogP contribution in [0.4, 0.5) is 32.4 Å². The van der Waals surface area contributed by atoms with Crippen LogP contribution in [0.25, 0.3) is 11.4 Å². The number of ether oxygens (including phenoxy) is 2. The average Bonchev–Trinajstić information content (AvgIpc) is 3.20. The lowest BCUT2D eigenvalue weighted by Crippen LogP contribution is -2.16. The van der Waals surface area contributed by atoms with Gasteiger partial charge in [-0.2, -0.15) is 18.2 Å². The summed E-state index contributed by atoms with van der Waals surface area (Å²) in [5.41, 5.74) is -0.895. The van der Waals surface area contributed by atoms with Gasteiger partial charge in [0.1, 0.15) is 18.0 Å². The van der Waals surface area contributed by atoms with Crippen LogP contribution in [0.5, 0.6) is 5.75 Å². The Morgan fingerprint density at radius 2 is 1.93 bits per heavy atom. The van der Waals surface area contributed by atoms with Crippen molar-refractivity contribution < 1.29 is 40.7 Å². The van der Waals surface area contributed by atoms with Gasteiger partial charge in [-0.3, -0.25) is 10.3 Å². The molecule has 0 saturated carbocycles. The number of alkyl halides is 3. The van der Waals surface area contributed by atoms with E-state index >= 15 is 0 Å². The van der Waals surface area contributed by atoms with E-state index in [2.05, 4.69) is 19.6 Å². The van der Waals surface area contributed by atoms with Crippen molar-refractivity contribution in [3.8, 4) is 17.1 Å². The number of pyridine rings is 1. The maximum atomic E-state index is 14.2. The Morgan fingerprint density at radius 3 is 2.53 bits per heavy atom. The molecule has 158 valence electrons. The van der Waals surface area contributed by atoms with Crippen LogP contribution in [0.2, 0.25) is 0 Å².